The molecule has 10 rings (SSSR count). The normalized spacial score (nSPS) is 12.2. The number of hydrogen-bond acceptors (Lipinski definition) is 2. The molecule has 10 aromatic rings. The van der Waals surface area contributed by atoms with E-state index in [0.29, 0.717) is 0 Å². The maximum Gasteiger partial charge on any atom is 0.145 e. The summed E-state index contributed by atoms with van der Waals surface area (Å²) in [6.07, 6.45) is 0. The molecular formula is C47H35N3O. The van der Waals surface area contributed by atoms with Gasteiger partial charge in [-0.15, -0.1) is 0 Å². The average molecular weight is 658 g/mol. The van der Waals surface area contributed by atoms with Crippen molar-refractivity contribution >= 4 is 54.8 Å². The fraction of sp³-hybridized carbons (Fsp3) is 0.0851. The van der Waals surface area contributed by atoms with Gasteiger partial charge in [-0.25, -0.2) is 4.98 Å². The summed E-state index contributed by atoms with van der Waals surface area (Å²) in [4.78, 5) is 5.20. The first-order valence-electron chi connectivity index (χ1n) is 17.6. The second kappa shape index (κ2) is 11.1. The van der Waals surface area contributed by atoms with Crippen LogP contribution in [0.2, 0.25) is 0 Å². The van der Waals surface area contributed by atoms with Crippen molar-refractivity contribution in [3.05, 3.63) is 163 Å². The molecule has 51 heavy (non-hydrogen) atoms. The Morgan fingerprint density at radius 3 is 2.00 bits per heavy atom. The minimum absolute atomic E-state index is 0.0334. The Bertz CT molecular complexity index is 2930. The molecule has 0 radical (unpaired) electrons. The van der Waals surface area contributed by atoms with Gasteiger partial charge in [0, 0.05) is 44.0 Å². The van der Waals surface area contributed by atoms with Crippen molar-refractivity contribution in [1.29, 1.82) is 0 Å². The zero-order chi connectivity index (χ0) is 34.3. The lowest BCUT2D eigenvalue weighted by molar-refractivity contribution is 0.591. The molecule has 7 aromatic carbocycles. The number of furan rings is 1. The van der Waals surface area contributed by atoms with E-state index < -0.39 is 0 Å². The Kier molecular flexibility index (Phi) is 6.40. The third kappa shape index (κ3) is 4.64. The van der Waals surface area contributed by atoms with Crippen LogP contribution in [0.15, 0.2) is 162 Å². The van der Waals surface area contributed by atoms with Crippen molar-refractivity contribution in [2.24, 2.45) is 0 Å². The van der Waals surface area contributed by atoms with Crippen molar-refractivity contribution in [3.8, 4) is 33.9 Å². The molecule has 0 fully saturated rings. The van der Waals surface area contributed by atoms with Gasteiger partial charge >= 0.3 is 0 Å². The largest absolute Gasteiger partial charge is 0.455 e. The summed E-state index contributed by atoms with van der Waals surface area (Å²) in [6.45, 7) is 6.77. The zero-order valence-electron chi connectivity index (χ0n) is 28.8. The summed E-state index contributed by atoms with van der Waals surface area (Å²) >= 11 is 0. The number of nitrogens with zero attached hydrogens (tertiary/aromatic N) is 3. The van der Waals surface area contributed by atoms with Crippen molar-refractivity contribution in [1.82, 2.24) is 14.1 Å². The first-order chi connectivity index (χ1) is 24.9. The predicted molar refractivity (Wildman–Crippen MR) is 212 cm³/mol. The fourth-order valence-corrected chi connectivity index (χ4v) is 7.73. The third-order valence-electron chi connectivity index (χ3n) is 10.3. The molecule has 0 saturated carbocycles. The Morgan fingerprint density at radius 2 is 1.18 bits per heavy atom. The molecule has 0 aliphatic heterocycles. The van der Waals surface area contributed by atoms with Gasteiger partial charge in [-0.2, -0.15) is 0 Å². The topological polar surface area (TPSA) is 35.9 Å². The van der Waals surface area contributed by atoms with Gasteiger partial charge in [0.15, 0.2) is 0 Å². The summed E-state index contributed by atoms with van der Waals surface area (Å²) in [5.41, 5.74) is 13.1. The number of hydrogen-bond donors (Lipinski definition) is 0. The van der Waals surface area contributed by atoms with E-state index >= 15 is 0 Å². The van der Waals surface area contributed by atoms with Gasteiger partial charge in [-0.05, 0) is 89.3 Å². The summed E-state index contributed by atoms with van der Waals surface area (Å²) in [6, 6.07) is 56.3. The number of rotatable bonds is 4. The lowest BCUT2D eigenvalue weighted by atomic mass is 9.87. The minimum Gasteiger partial charge on any atom is -0.455 e. The maximum atomic E-state index is 6.42. The average Bonchev–Trinajstić information content (AvgIpc) is 3.84. The first-order valence-corrected chi connectivity index (χ1v) is 17.6. The smallest absolute Gasteiger partial charge is 0.145 e. The number of benzene rings is 7. The first kappa shape index (κ1) is 29.5. The monoisotopic (exact) mass is 657 g/mol. The van der Waals surface area contributed by atoms with Gasteiger partial charge < -0.3 is 8.98 Å². The minimum atomic E-state index is 0.0334. The Morgan fingerprint density at radius 1 is 0.490 bits per heavy atom. The lowest BCUT2D eigenvalue weighted by Crippen LogP contribution is -2.10. The molecule has 0 bridgehead atoms. The van der Waals surface area contributed by atoms with Crippen LogP contribution in [0.3, 0.4) is 0 Å². The molecular weight excluding hydrogens is 623 g/mol. The predicted octanol–water partition coefficient (Wildman–Crippen LogP) is 12.7. The lowest BCUT2D eigenvalue weighted by Gasteiger charge is -2.19. The van der Waals surface area contributed by atoms with Gasteiger partial charge in [0.25, 0.3) is 0 Å². The summed E-state index contributed by atoms with van der Waals surface area (Å²) in [5.74, 6) is 0.931. The Balaban J connectivity index is 1.11. The zero-order valence-corrected chi connectivity index (χ0v) is 28.8. The van der Waals surface area contributed by atoms with Gasteiger partial charge in [0.1, 0.15) is 17.0 Å². The molecule has 4 heteroatoms. The number of para-hydroxylation sites is 4. The van der Waals surface area contributed by atoms with Gasteiger partial charge in [-0.3, -0.25) is 4.57 Å². The van der Waals surface area contributed by atoms with E-state index in [-0.39, 0.29) is 5.41 Å². The second-order valence-corrected chi connectivity index (χ2v) is 14.5. The van der Waals surface area contributed by atoms with Crippen LogP contribution in [-0.4, -0.2) is 14.1 Å². The van der Waals surface area contributed by atoms with E-state index in [1.165, 1.54) is 21.9 Å². The SMILES string of the molecule is CC(C)(C)c1ccc2nc(-c3ccc(-n4c5ccccc5c5cc(-c6cccc7c6oc6ccccc67)ccc54)cc3)n(-c3ccccc3)c2c1. The number of aromatic nitrogens is 3. The molecule has 3 heterocycles. The molecule has 3 aromatic heterocycles. The van der Waals surface area contributed by atoms with Crippen LogP contribution < -0.4 is 0 Å². The van der Waals surface area contributed by atoms with Crippen LogP contribution in [0.4, 0.5) is 0 Å². The molecule has 0 saturated heterocycles. The summed E-state index contributed by atoms with van der Waals surface area (Å²) < 4.78 is 11.1. The highest BCUT2D eigenvalue weighted by Gasteiger charge is 2.20. The van der Waals surface area contributed by atoms with Crippen molar-refractivity contribution < 1.29 is 4.42 Å². The van der Waals surface area contributed by atoms with Crippen molar-refractivity contribution in [2.75, 3.05) is 0 Å². The number of fused-ring (bicyclic) bond motifs is 7. The van der Waals surface area contributed by atoms with Gasteiger partial charge in [0.2, 0.25) is 0 Å². The van der Waals surface area contributed by atoms with Crippen LogP contribution >= 0.6 is 0 Å². The highest BCUT2D eigenvalue weighted by molar-refractivity contribution is 6.13. The molecule has 0 amide bonds. The van der Waals surface area contributed by atoms with Crippen LogP contribution in [0.1, 0.15) is 26.3 Å². The van der Waals surface area contributed by atoms with Gasteiger partial charge in [0.05, 0.1) is 22.1 Å². The third-order valence-corrected chi connectivity index (χ3v) is 10.3. The fourth-order valence-electron chi connectivity index (χ4n) is 7.73. The van der Waals surface area contributed by atoms with E-state index in [0.717, 1.165) is 72.4 Å². The Hall–Kier alpha value is -6.39. The van der Waals surface area contributed by atoms with E-state index in [1.54, 1.807) is 0 Å². The quantitative estimate of drug-likeness (QED) is 0.189. The molecule has 0 unspecified atom stereocenters. The van der Waals surface area contributed by atoms with Crippen molar-refractivity contribution in [2.45, 2.75) is 26.2 Å². The van der Waals surface area contributed by atoms with E-state index in [2.05, 4.69) is 175 Å². The highest BCUT2D eigenvalue weighted by Crippen LogP contribution is 2.40. The number of imidazole rings is 1. The maximum absolute atomic E-state index is 6.42. The molecule has 244 valence electrons. The van der Waals surface area contributed by atoms with Gasteiger partial charge in [-0.1, -0.05) is 106 Å². The molecule has 0 N–H and O–H groups in total. The van der Waals surface area contributed by atoms with E-state index in [9.17, 15) is 0 Å². The molecule has 0 spiro atoms. The van der Waals surface area contributed by atoms with E-state index in [1.807, 2.05) is 12.1 Å². The van der Waals surface area contributed by atoms with Crippen LogP contribution in [0, 0.1) is 0 Å². The second-order valence-electron chi connectivity index (χ2n) is 14.5. The Labute approximate surface area is 295 Å². The van der Waals surface area contributed by atoms with Crippen LogP contribution in [-0.2, 0) is 5.41 Å². The molecule has 0 atom stereocenters. The molecule has 0 aliphatic carbocycles. The van der Waals surface area contributed by atoms with Crippen LogP contribution in [0.25, 0.3) is 88.7 Å². The van der Waals surface area contributed by atoms with Crippen LogP contribution in [0.5, 0.6) is 0 Å². The summed E-state index contributed by atoms with van der Waals surface area (Å²) in [5, 5.41) is 4.71. The standard InChI is InChI=1S/C47H35N3O/c1-47(2,3)32-23-26-40-43(29-32)50(33-12-5-4-6-13-33)46(48-40)30-20-24-34(25-21-30)49-41-18-9-7-14-36(41)39-28-31(22-27-42(39)49)35-16-11-17-38-37-15-8-10-19-44(37)51-45(35)38/h4-29H,1-3H3. The summed E-state index contributed by atoms with van der Waals surface area (Å²) in [7, 11) is 0. The van der Waals surface area contributed by atoms with Crippen molar-refractivity contribution in [3.63, 3.8) is 0 Å². The van der Waals surface area contributed by atoms with E-state index in [4.69, 9.17) is 9.40 Å². The highest BCUT2D eigenvalue weighted by atomic mass is 16.3. The molecule has 4 nitrogen and oxygen atoms in total. The molecule has 0 aliphatic rings.